The Bertz CT molecular complexity index is 640. The molecule has 1 aliphatic rings. The molecule has 0 radical (unpaired) electrons. The molecule has 20 heavy (non-hydrogen) atoms. The molecule has 0 spiro atoms. The molecule has 1 N–H and O–H groups in total. The summed E-state index contributed by atoms with van der Waals surface area (Å²) in [6.45, 7) is 2.82. The Morgan fingerprint density at radius 3 is 2.75 bits per heavy atom. The van der Waals surface area contributed by atoms with Crippen LogP contribution in [0.1, 0.15) is 23.3 Å². The minimum Gasteiger partial charge on any atom is -0.335 e. The Morgan fingerprint density at radius 1 is 1.20 bits per heavy atom. The second-order valence-corrected chi connectivity index (χ2v) is 6.07. The normalized spacial score (nSPS) is 19.5. The van der Waals surface area contributed by atoms with Crippen LogP contribution >= 0.6 is 23.4 Å². The number of aliphatic imine (C=N–C) groups is 1. The molecule has 0 aromatic heterocycles. The molecule has 2 aromatic carbocycles. The maximum atomic E-state index is 6.16. The zero-order valence-corrected chi connectivity index (χ0v) is 12.7. The molecule has 0 bridgehead atoms. The predicted molar refractivity (Wildman–Crippen MR) is 88.9 cm³/mol. The smallest absolute Gasteiger partial charge is 0.161 e. The summed E-state index contributed by atoms with van der Waals surface area (Å²) >= 11 is 7.90. The van der Waals surface area contributed by atoms with Crippen LogP contribution in [0.25, 0.3) is 0 Å². The van der Waals surface area contributed by atoms with Crippen LogP contribution in [-0.4, -0.2) is 11.7 Å². The first kappa shape index (κ1) is 13.5. The Morgan fingerprint density at radius 2 is 2.00 bits per heavy atom. The zero-order chi connectivity index (χ0) is 13.9. The first-order valence-corrected chi connectivity index (χ1v) is 7.86. The maximum Gasteiger partial charge on any atom is 0.161 e. The standard InChI is InChI=1S/C16H15ClN2S/c1-2-18-16-19-14-9-8-12(17)10-13(14)15(20-16)11-6-4-3-5-7-11/h3-10,15H,2H2,1H3,(H,18,19)/t15-/m0/s1. The van der Waals surface area contributed by atoms with Crippen molar-refractivity contribution in [2.45, 2.75) is 12.2 Å². The molecule has 0 saturated carbocycles. The van der Waals surface area contributed by atoms with Crippen molar-refractivity contribution in [3.05, 3.63) is 64.7 Å². The van der Waals surface area contributed by atoms with E-state index in [-0.39, 0.29) is 5.25 Å². The molecule has 2 aromatic rings. The number of fused-ring (bicyclic) bond motifs is 1. The Hall–Kier alpha value is -1.45. The van der Waals surface area contributed by atoms with Gasteiger partial charge in [-0.1, -0.05) is 53.7 Å². The van der Waals surface area contributed by atoms with E-state index in [0.717, 1.165) is 22.4 Å². The molecular weight excluding hydrogens is 288 g/mol. The van der Waals surface area contributed by atoms with Crippen LogP contribution in [0.2, 0.25) is 5.02 Å². The van der Waals surface area contributed by atoms with Gasteiger partial charge in [0.05, 0.1) is 5.25 Å². The van der Waals surface area contributed by atoms with E-state index >= 15 is 0 Å². The second kappa shape index (κ2) is 5.90. The average Bonchev–Trinajstić information content (AvgIpc) is 2.48. The fraction of sp³-hybridized carbons (Fsp3) is 0.188. The fourth-order valence-electron chi connectivity index (χ4n) is 2.28. The lowest BCUT2D eigenvalue weighted by atomic mass is 10.0. The molecule has 0 aliphatic carbocycles. The van der Waals surface area contributed by atoms with E-state index in [0.29, 0.717) is 0 Å². The molecule has 1 heterocycles. The number of hydrogen-bond acceptors (Lipinski definition) is 2. The number of nitrogens with zero attached hydrogens (tertiary/aromatic N) is 1. The minimum absolute atomic E-state index is 0.233. The average molecular weight is 303 g/mol. The monoisotopic (exact) mass is 302 g/mol. The number of nitrogens with one attached hydrogen (secondary N) is 1. The third-order valence-corrected chi connectivity index (χ3v) is 4.62. The van der Waals surface area contributed by atoms with E-state index in [4.69, 9.17) is 11.6 Å². The third kappa shape index (κ3) is 2.69. The van der Waals surface area contributed by atoms with Crippen molar-refractivity contribution in [1.82, 2.24) is 0 Å². The second-order valence-electron chi connectivity index (χ2n) is 4.54. The van der Waals surface area contributed by atoms with E-state index in [1.165, 1.54) is 11.1 Å². The fourth-order valence-corrected chi connectivity index (χ4v) is 3.67. The summed E-state index contributed by atoms with van der Waals surface area (Å²) in [5, 5.41) is 5.35. The van der Waals surface area contributed by atoms with Gasteiger partial charge in [-0.05, 0) is 36.2 Å². The van der Waals surface area contributed by atoms with E-state index in [2.05, 4.69) is 34.6 Å². The van der Waals surface area contributed by atoms with Gasteiger partial charge in [-0.15, -0.1) is 0 Å². The van der Waals surface area contributed by atoms with Gasteiger partial charge in [0.15, 0.2) is 5.17 Å². The van der Waals surface area contributed by atoms with Crippen molar-refractivity contribution in [3.8, 4) is 0 Å². The topological polar surface area (TPSA) is 24.4 Å². The van der Waals surface area contributed by atoms with Gasteiger partial charge >= 0.3 is 0 Å². The lowest BCUT2D eigenvalue weighted by Gasteiger charge is -2.27. The number of amidine groups is 1. The van der Waals surface area contributed by atoms with Gasteiger partial charge in [-0.3, -0.25) is 4.99 Å². The van der Waals surface area contributed by atoms with Crippen LogP contribution in [0, 0.1) is 0 Å². The van der Waals surface area contributed by atoms with Crippen LogP contribution in [0.3, 0.4) is 0 Å². The maximum absolute atomic E-state index is 6.16. The number of anilines is 1. The Labute approximate surface area is 128 Å². The summed E-state index contributed by atoms with van der Waals surface area (Å²) in [5.74, 6) is 0. The number of thioether (sulfide) groups is 1. The molecule has 0 amide bonds. The van der Waals surface area contributed by atoms with Gasteiger partial charge < -0.3 is 5.32 Å². The summed E-state index contributed by atoms with van der Waals surface area (Å²) in [4.78, 5) is 4.52. The van der Waals surface area contributed by atoms with Crippen LogP contribution in [0.4, 0.5) is 5.69 Å². The SMILES string of the molecule is CCN=C1Nc2ccc(Cl)cc2[C@H](c2ccccc2)S1. The molecule has 4 heteroatoms. The Kier molecular flexibility index (Phi) is 3.99. The van der Waals surface area contributed by atoms with Crippen molar-refractivity contribution in [2.24, 2.45) is 4.99 Å². The van der Waals surface area contributed by atoms with E-state index in [1.807, 2.05) is 31.2 Å². The number of hydrogen-bond donors (Lipinski definition) is 1. The van der Waals surface area contributed by atoms with Gasteiger partial charge in [0.25, 0.3) is 0 Å². The molecule has 1 atom stereocenters. The Balaban J connectivity index is 2.09. The van der Waals surface area contributed by atoms with Crippen LogP contribution in [-0.2, 0) is 0 Å². The van der Waals surface area contributed by atoms with Crippen molar-refractivity contribution >= 4 is 34.2 Å². The first-order valence-electron chi connectivity index (χ1n) is 6.60. The zero-order valence-electron chi connectivity index (χ0n) is 11.1. The van der Waals surface area contributed by atoms with E-state index in [9.17, 15) is 0 Å². The quantitative estimate of drug-likeness (QED) is 0.847. The molecule has 102 valence electrons. The van der Waals surface area contributed by atoms with Gasteiger partial charge in [-0.2, -0.15) is 0 Å². The highest BCUT2D eigenvalue weighted by Crippen LogP contribution is 2.44. The highest BCUT2D eigenvalue weighted by Gasteiger charge is 2.26. The van der Waals surface area contributed by atoms with Crippen LogP contribution in [0.15, 0.2) is 53.5 Å². The summed E-state index contributed by atoms with van der Waals surface area (Å²) in [6.07, 6.45) is 0. The molecule has 1 aliphatic heterocycles. The van der Waals surface area contributed by atoms with E-state index < -0.39 is 0 Å². The summed E-state index contributed by atoms with van der Waals surface area (Å²) < 4.78 is 0. The van der Waals surface area contributed by atoms with Gasteiger partial charge in [0, 0.05) is 17.3 Å². The van der Waals surface area contributed by atoms with Gasteiger partial charge in [-0.25, -0.2) is 0 Å². The van der Waals surface area contributed by atoms with E-state index in [1.54, 1.807) is 11.8 Å². The number of halogens is 1. The van der Waals surface area contributed by atoms with Crippen molar-refractivity contribution < 1.29 is 0 Å². The molecule has 0 fully saturated rings. The molecule has 2 nitrogen and oxygen atoms in total. The first-order chi connectivity index (χ1) is 9.78. The minimum atomic E-state index is 0.233. The highest BCUT2D eigenvalue weighted by atomic mass is 35.5. The predicted octanol–water partition coefficient (Wildman–Crippen LogP) is 4.96. The molecular formula is C16H15ClN2S. The summed E-state index contributed by atoms with van der Waals surface area (Å²) in [7, 11) is 0. The van der Waals surface area contributed by atoms with Crippen LogP contribution < -0.4 is 5.32 Å². The summed E-state index contributed by atoms with van der Waals surface area (Å²) in [5.41, 5.74) is 3.57. The molecule has 0 unspecified atom stereocenters. The van der Waals surface area contributed by atoms with Crippen LogP contribution in [0.5, 0.6) is 0 Å². The molecule has 3 rings (SSSR count). The number of benzene rings is 2. The summed E-state index contributed by atoms with van der Waals surface area (Å²) in [6, 6.07) is 16.5. The lowest BCUT2D eigenvalue weighted by Crippen LogP contribution is -2.19. The van der Waals surface area contributed by atoms with Gasteiger partial charge in [0.2, 0.25) is 0 Å². The molecule has 0 saturated heterocycles. The van der Waals surface area contributed by atoms with Crippen molar-refractivity contribution in [3.63, 3.8) is 0 Å². The number of rotatable bonds is 2. The van der Waals surface area contributed by atoms with Gasteiger partial charge in [0.1, 0.15) is 0 Å². The third-order valence-electron chi connectivity index (χ3n) is 3.17. The lowest BCUT2D eigenvalue weighted by molar-refractivity contribution is 1.12. The highest BCUT2D eigenvalue weighted by molar-refractivity contribution is 8.14. The van der Waals surface area contributed by atoms with Crippen molar-refractivity contribution in [1.29, 1.82) is 0 Å². The van der Waals surface area contributed by atoms with Crippen molar-refractivity contribution in [2.75, 3.05) is 11.9 Å². The largest absolute Gasteiger partial charge is 0.335 e.